The number of aromatic nitrogens is 2. The maximum absolute atomic E-state index is 13.6. The van der Waals surface area contributed by atoms with Gasteiger partial charge in [0.15, 0.2) is 0 Å². The number of aryl methyl sites for hydroxylation is 2. The highest BCUT2D eigenvalue weighted by Gasteiger charge is 2.12. The summed E-state index contributed by atoms with van der Waals surface area (Å²) < 4.78 is 14.8. The summed E-state index contributed by atoms with van der Waals surface area (Å²) in [5, 5.41) is 6.44. The molecule has 6 heteroatoms. The number of nitrogens with zero attached hydrogens (tertiary/aromatic N) is 2. The Balaban J connectivity index is 2.26. The van der Waals surface area contributed by atoms with E-state index < -0.39 is 11.7 Å². The molecular weight excluding hydrogens is 273 g/mol. The van der Waals surface area contributed by atoms with E-state index in [0.29, 0.717) is 6.54 Å². The Morgan fingerprint density at radius 2 is 2.10 bits per heavy atom. The number of carbonyl (C=O) groups excluding carboxylic acids is 1. The molecule has 0 atom stereocenters. The molecule has 0 spiro atoms. The third kappa shape index (κ3) is 3.53. The number of carbonyl (C=O) groups is 1. The van der Waals surface area contributed by atoms with Crippen LogP contribution in [0.2, 0.25) is 0 Å². The van der Waals surface area contributed by atoms with E-state index in [9.17, 15) is 14.0 Å². The second-order valence-electron chi connectivity index (χ2n) is 4.72. The van der Waals surface area contributed by atoms with Crippen molar-refractivity contribution in [1.29, 1.82) is 0 Å². The Kier molecular flexibility index (Phi) is 4.47. The minimum absolute atomic E-state index is 0.0731. The first-order chi connectivity index (χ1) is 10.0. The second-order valence-corrected chi connectivity index (χ2v) is 4.72. The molecule has 1 N–H and O–H groups in total. The quantitative estimate of drug-likeness (QED) is 0.939. The Morgan fingerprint density at radius 3 is 2.81 bits per heavy atom. The van der Waals surface area contributed by atoms with Gasteiger partial charge in [-0.3, -0.25) is 9.59 Å². The summed E-state index contributed by atoms with van der Waals surface area (Å²) in [6.07, 6.45) is 0.727. The first-order valence-electron chi connectivity index (χ1n) is 6.67. The molecule has 0 bridgehead atoms. The summed E-state index contributed by atoms with van der Waals surface area (Å²) in [6, 6.07) is 7.05. The van der Waals surface area contributed by atoms with E-state index in [4.69, 9.17) is 0 Å². The third-order valence-electron chi connectivity index (χ3n) is 2.90. The zero-order chi connectivity index (χ0) is 15.4. The van der Waals surface area contributed by atoms with Gasteiger partial charge >= 0.3 is 0 Å². The smallest absolute Gasteiger partial charge is 0.276 e. The molecule has 0 saturated carbocycles. The Morgan fingerprint density at radius 1 is 1.33 bits per heavy atom. The summed E-state index contributed by atoms with van der Waals surface area (Å²) in [7, 11) is 0. The van der Waals surface area contributed by atoms with Gasteiger partial charge in [0.1, 0.15) is 11.5 Å². The minimum Gasteiger partial charge on any atom is -0.318 e. The van der Waals surface area contributed by atoms with E-state index in [-0.39, 0.29) is 16.9 Å². The van der Waals surface area contributed by atoms with E-state index in [1.54, 1.807) is 13.0 Å². The summed E-state index contributed by atoms with van der Waals surface area (Å²) in [6.45, 7) is 4.14. The number of hydrogen-bond donors (Lipinski definition) is 1. The molecule has 0 unspecified atom stereocenters. The number of benzene rings is 1. The molecule has 0 aliphatic rings. The summed E-state index contributed by atoms with van der Waals surface area (Å²) in [5.41, 5.74) is 0.727. The standard InChI is InChI=1S/C15H16FN3O2/c1-3-8-19-14(20)7-6-12(18-19)15(21)17-13-9-10(2)4-5-11(13)16/h4-7,9H,3,8H2,1-2H3,(H,17,21). The largest absolute Gasteiger partial charge is 0.318 e. The van der Waals surface area contributed by atoms with Gasteiger partial charge in [0.25, 0.3) is 11.5 Å². The van der Waals surface area contributed by atoms with Gasteiger partial charge in [-0.15, -0.1) is 0 Å². The Hall–Kier alpha value is -2.50. The van der Waals surface area contributed by atoms with Crippen molar-refractivity contribution in [3.8, 4) is 0 Å². The fraction of sp³-hybridized carbons (Fsp3) is 0.267. The van der Waals surface area contributed by atoms with Crippen LogP contribution in [-0.2, 0) is 6.54 Å². The van der Waals surface area contributed by atoms with E-state index in [2.05, 4.69) is 10.4 Å². The van der Waals surface area contributed by atoms with Crippen molar-refractivity contribution in [3.63, 3.8) is 0 Å². The molecule has 0 fully saturated rings. The van der Waals surface area contributed by atoms with Crippen LogP contribution >= 0.6 is 0 Å². The van der Waals surface area contributed by atoms with Crippen LogP contribution < -0.4 is 10.9 Å². The van der Waals surface area contributed by atoms with Crippen molar-refractivity contribution in [2.45, 2.75) is 26.8 Å². The van der Waals surface area contributed by atoms with Crippen molar-refractivity contribution in [2.24, 2.45) is 0 Å². The van der Waals surface area contributed by atoms with Gasteiger partial charge in [0.05, 0.1) is 5.69 Å². The SMILES string of the molecule is CCCn1nc(C(=O)Nc2cc(C)ccc2F)ccc1=O. The van der Waals surface area contributed by atoms with E-state index >= 15 is 0 Å². The van der Waals surface area contributed by atoms with Crippen LogP contribution in [0.4, 0.5) is 10.1 Å². The van der Waals surface area contributed by atoms with Crippen molar-refractivity contribution in [3.05, 3.63) is 57.8 Å². The molecule has 0 aliphatic heterocycles. The van der Waals surface area contributed by atoms with Gasteiger partial charge < -0.3 is 5.32 Å². The maximum Gasteiger partial charge on any atom is 0.276 e. The molecule has 1 heterocycles. The van der Waals surface area contributed by atoms with Crippen molar-refractivity contribution < 1.29 is 9.18 Å². The van der Waals surface area contributed by atoms with Crippen LogP contribution in [0.25, 0.3) is 0 Å². The highest BCUT2D eigenvalue weighted by molar-refractivity contribution is 6.02. The average Bonchev–Trinajstić information content (AvgIpc) is 2.45. The molecule has 1 amide bonds. The number of halogens is 1. The van der Waals surface area contributed by atoms with Crippen LogP contribution in [0, 0.1) is 12.7 Å². The van der Waals surface area contributed by atoms with Crippen LogP contribution in [0.3, 0.4) is 0 Å². The van der Waals surface area contributed by atoms with Gasteiger partial charge in [0, 0.05) is 12.6 Å². The Bertz CT molecular complexity index is 725. The number of anilines is 1. The summed E-state index contributed by atoms with van der Waals surface area (Å²) >= 11 is 0. The zero-order valence-electron chi connectivity index (χ0n) is 11.9. The van der Waals surface area contributed by atoms with Gasteiger partial charge in [-0.05, 0) is 37.1 Å². The average molecular weight is 289 g/mol. The molecule has 110 valence electrons. The highest BCUT2D eigenvalue weighted by Crippen LogP contribution is 2.16. The van der Waals surface area contributed by atoms with Gasteiger partial charge in [-0.1, -0.05) is 13.0 Å². The van der Waals surface area contributed by atoms with Gasteiger partial charge in [0.2, 0.25) is 0 Å². The predicted molar refractivity (Wildman–Crippen MR) is 77.9 cm³/mol. The molecule has 1 aromatic heterocycles. The van der Waals surface area contributed by atoms with Crippen molar-refractivity contribution in [1.82, 2.24) is 9.78 Å². The second kappa shape index (κ2) is 6.30. The molecular formula is C15H16FN3O2. The van der Waals surface area contributed by atoms with Crippen molar-refractivity contribution in [2.75, 3.05) is 5.32 Å². The van der Waals surface area contributed by atoms with Gasteiger partial charge in [-0.25, -0.2) is 9.07 Å². The molecule has 21 heavy (non-hydrogen) atoms. The van der Waals surface area contributed by atoms with Crippen LogP contribution in [-0.4, -0.2) is 15.7 Å². The first kappa shape index (κ1) is 14.9. The number of nitrogens with one attached hydrogen (secondary N) is 1. The van der Waals surface area contributed by atoms with Crippen LogP contribution in [0.1, 0.15) is 29.4 Å². The summed E-state index contributed by atoms with van der Waals surface area (Å²) in [4.78, 5) is 23.6. The molecule has 2 aromatic rings. The Labute approximate surface area is 121 Å². The van der Waals surface area contributed by atoms with Crippen LogP contribution in [0.15, 0.2) is 35.1 Å². The first-order valence-corrected chi connectivity index (χ1v) is 6.67. The minimum atomic E-state index is -0.552. The topological polar surface area (TPSA) is 64.0 Å². The fourth-order valence-electron chi connectivity index (χ4n) is 1.86. The lowest BCUT2D eigenvalue weighted by Crippen LogP contribution is -2.26. The number of rotatable bonds is 4. The molecule has 5 nitrogen and oxygen atoms in total. The van der Waals surface area contributed by atoms with E-state index in [1.807, 2.05) is 6.92 Å². The monoisotopic (exact) mass is 289 g/mol. The molecule has 0 radical (unpaired) electrons. The van der Waals surface area contributed by atoms with Crippen molar-refractivity contribution >= 4 is 11.6 Å². The zero-order valence-corrected chi connectivity index (χ0v) is 11.9. The van der Waals surface area contributed by atoms with Crippen LogP contribution in [0.5, 0.6) is 0 Å². The van der Waals surface area contributed by atoms with Gasteiger partial charge in [-0.2, -0.15) is 5.10 Å². The highest BCUT2D eigenvalue weighted by atomic mass is 19.1. The molecule has 2 rings (SSSR count). The molecule has 1 aromatic carbocycles. The summed E-state index contributed by atoms with van der Waals surface area (Å²) in [5.74, 6) is -1.07. The third-order valence-corrected chi connectivity index (χ3v) is 2.90. The van der Waals surface area contributed by atoms with E-state index in [0.717, 1.165) is 12.0 Å². The molecule has 0 aliphatic carbocycles. The molecule has 0 saturated heterocycles. The lowest BCUT2D eigenvalue weighted by Gasteiger charge is -2.08. The normalized spacial score (nSPS) is 10.4. The lowest BCUT2D eigenvalue weighted by atomic mass is 10.2. The maximum atomic E-state index is 13.6. The van der Waals surface area contributed by atoms with E-state index in [1.165, 1.54) is 28.9 Å². The fourth-order valence-corrected chi connectivity index (χ4v) is 1.86. The number of hydrogen-bond acceptors (Lipinski definition) is 3. The lowest BCUT2D eigenvalue weighted by molar-refractivity contribution is 0.101. The predicted octanol–water partition coefficient (Wildman–Crippen LogP) is 2.35. The number of amides is 1.